The Balaban J connectivity index is 1.80. The van der Waals surface area contributed by atoms with Crippen LogP contribution in [0, 0.1) is 17.6 Å². The third kappa shape index (κ3) is 7.66. The molecule has 0 radical (unpaired) electrons. The van der Waals surface area contributed by atoms with Crippen molar-refractivity contribution in [2.75, 3.05) is 6.54 Å². The van der Waals surface area contributed by atoms with Crippen molar-refractivity contribution in [3.05, 3.63) is 101 Å². The Hall–Kier alpha value is -3.69. The van der Waals surface area contributed by atoms with E-state index in [4.69, 9.17) is 5.73 Å². The first-order valence-electron chi connectivity index (χ1n) is 11.7. The Morgan fingerprint density at radius 1 is 1.03 bits per heavy atom. The quantitative estimate of drug-likeness (QED) is 0.307. The lowest BCUT2D eigenvalue weighted by atomic mass is 9.86. The SMILES string of the molecule is CCc1cccc(CNC[C@H](O)[C@@H](Cc2cc(F)cc(F)c2)C(NC(=O)c2cccnc2)C(N)=O)c1. The van der Waals surface area contributed by atoms with Crippen LogP contribution in [0.5, 0.6) is 0 Å². The number of aliphatic hydroxyl groups is 1. The van der Waals surface area contributed by atoms with Gasteiger partial charge >= 0.3 is 0 Å². The van der Waals surface area contributed by atoms with E-state index >= 15 is 0 Å². The molecule has 0 aliphatic carbocycles. The van der Waals surface area contributed by atoms with Gasteiger partial charge in [0.1, 0.15) is 17.7 Å². The van der Waals surface area contributed by atoms with Gasteiger partial charge in [-0.1, -0.05) is 31.2 Å². The van der Waals surface area contributed by atoms with Gasteiger partial charge in [-0.2, -0.15) is 0 Å². The maximum Gasteiger partial charge on any atom is 0.253 e. The van der Waals surface area contributed by atoms with E-state index in [1.807, 2.05) is 24.3 Å². The number of benzene rings is 2. The summed E-state index contributed by atoms with van der Waals surface area (Å²) in [4.78, 5) is 29.0. The molecule has 0 aliphatic rings. The monoisotopic (exact) mass is 496 g/mol. The Morgan fingerprint density at radius 3 is 2.39 bits per heavy atom. The van der Waals surface area contributed by atoms with Crippen molar-refractivity contribution in [3.63, 3.8) is 0 Å². The number of rotatable bonds is 12. The number of hydrogen-bond donors (Lipinski definition) is 4. The molecule has 36 heavy (non-hydrogen) atoms. The lowest BCUT2D eigenvalue weighted by Gasteiger charge is -2.30. The minimum atomic E-state index is -1.32. The predicted molar refractivity (Wildman–Crippen MR) is 132 cm³/mol. The average molecular weight is 497 g/mol. The molecule has 2 amide bonds. The van der Waals surface area contributed by atoms with E-state index in [2.05, 4.69) is 22.5 Å². The zero-order valence-electron chi connectivity index (χ0n) is 20.0. The molecule has 0 bridgehead atoms. The van der Waals surface area contributed by atoms with Gasteiger partial charge in [-0.05, 0) is 53.8 Å². The molecule has 2 aromatic carbocycles. The minimum Gasteiger partial charge on any atom is -0.391 e. The van der Waals surface area contributed by atoms with Gasteiger partial charge in [0.05, 0.1) is 11.7 Å². The molecule has 3 rings (SSSR count). The van der Waals surface area contributed by atoms with E-state index in [9.17, 15) is 23.5 Å². The highest BCUT2D eigenvalue weighted by atomic mass is 19.1. The van der Waals surface area contributed by atoms with E-state index in [0.29, 0.717) is 6.54 Å². The summed E-state index contributed by atoms with van der Waals surface area (Å²) in [7, 11) is 0. The number of aliphatic hydroxyl groups excluding tert-OH is 1. The third-order valence-electron chi connectivity index (χ3n) is 5.92. The zero-order chi connectivity index (χ0) is 26.1. The molecular formula is C27H30F2N4O3. The van der Waals surface area contributed by atoms with Gasteiger partial charge in [-0.25, -0.2) is 8.78 Å². The molecule has 5 N–H and O–H groups in total. The summed E-state index contributed by atoms with van der Waals surface area (Å²) in [6.07, 6.45) is 2.42. The second kappa shape index (κ2) is 12.9. The van der Waals surface area contributed by atoms with Gasteiger partial charge in [-0.3, -0.25) is 14.6 Å². The molecule has 0 spiro atoms. The number of aromatic nitrogens is 1. The van der Waals surface area contributed by atoms with Crippen LogP contribution in [0.2, 0.25) is 0 Å². The first-order valence-corrected chi connectivity index (χ1v) is 11.7. The molecule has 0 aliphatic heterocycles. The minimum absolute atomic E-state index is 0.0470. The average Bonchev–Trinajstić information content (AvgIpc) is 2.85. The second-order valence-electron chi connectivity index (χ2n) is 8.61. The van der Waals surface area contributed by atoms with Crippen LogP contribution in [0.4, 0.5) is 8.78 Å². The highest BCUT2D eigenvalue weighted by Crippen LogP contribution is 2.20. The molecule has 190 valence electrons. The van der Waals surface area contributed by atoms with E-state index in [0.717, 1.165) is 30.2 Å². The Morgan fingerprint density at radius 2 is 1.75 bits per heavy atom. The van der Waals surface area contributed by atoms with Crippen LogP contribution >= 0.6 is 0 Å². The van der Waals surface area contributed by atoms with Crippen molar-refractivity contribution < 1.29 is 23.5 Å². The lowest BCUT2D eigenvalue weighted by molar-refractivity contribution is -0.122. The predicted octanol–water partition coefficient (Wildman–Crippen LogP) is 2.52. The number of nitrogens with zero attached hydrogens (tertiary/aromatic N) is 1. The Labute approximate surface area is 208 Å². The van der Waals surface area contributed by atoms with E-state index < -0.39 is 41.5 Å². The molecule has 7 nitrogen and oxygen atoms in total. The van der Waals surface area contributed by atoms with Crippen molar-refractivity contribution in [3.8, 4) is 0 Å². The standard InChI is InChI=1S/C27H30F2N4O3/c1-2-17-5-3-6-18(9-17)14-32-16-24(34)23(12-19-10-21(28)13-22(29)11-19)25(26(30)35)33-27(36)20-7-4-8-31-15-20/h3-11,13,15,23-25,32,34H,2,12,14,16H2,1H3,(H2,30,35)(H,33,36)/t23-,24+,25?/m1/s1. The summed E-state index contributed by atoms with van der Waals surface area (Å²) in [6, 6.07) is 12.7. The molecule has 1 heterocycles. The summed E-state index contributed by atoms with van der Waals surface area (Å²) in [5, 5.41) is 16.8. The van der Waals surface area contributed by atoms with Gasteiger partial charge in [0, 0.05) is 37.5 Å². The topological polar surface area (TPSA) is 117 Å². The fraction of sp³-hybridized carbons (Fsp3) is 0.296. The highest BCUT2D eigenvalue weighted by molar-refractivity contribution is 5.97. The number of primary amides is 1. The van der Waals surface area contributed by atoms with Crippen molar-refractivity contribution in [2.45, 2.75) is 38.5 Å². The molecule has 1 unspecified atom stereocenters. The molecule has 3 atom stereocenters. The van der Waals surface area contributed by atoms with Gasteiger partial charge in [0.15, 0.2) is 0 Å². The second-order valence-corrected chi connectivity index (χ2v) is 8.61. The summed E-state index contributed by atoms with van der Waals surface area (Å²) >= 11 is 0. The molecule has 3 aromatic rings. The van der Waals surface area contributed by atoms with Crippen molar-refractivity contribution >= 4 is 11.8 Å². The van der Waals surface area contributed by atoms with Crippen LogP contribution < -0.4 is 16.4 Å². The van der Waals surface area contributed by atoms with Crippen LogP contribution in [0.3, 0.4) is 0 Å². The smallest absolute Gasteiger partial charge is 0.253 e. The molecular weight excluding hydrogens is 466 g/mol. The lowest BCUT2D eigenvalue weighted by Crippen LogP contribution is -2.54. The number of halogens is 2. The third-order valence-corrected chi connectivity index (χ3v) is 5.92. The first kappa shape index (κ1) is 26.9. The largest absolute Gasteiger partial charge is 0.391 e. The van der Waals surface area contributed by atoms with Crippen molar-refractivity contribution in [1.82, 2.24) is 15.6 Å². The van der Waals surface area contributed by atoms with Crippen LogP contribution in [0.15, 0.2) is 67.0 Å². The normalized spacial score (nSPS) is 13.6. The molecule has 0 fully saturated rings. The van der Waals surface area contributed by atoms with Crippen LogP contribution in [0.1, 0.15) is 34.0 Å². The van der Waals surface area contributed by atoms with Gasteiger partial charge in [0.25, 0.3) is 5.91 Å². The Bertz CT molecular complexity index is 1160. The molecule has 1 aromatic heterocycles. The van der Waals surface area contributed by atoms with Gasteiger partial charge in [0.2, 0.25) is 5.91 Å². The number of aryl methyl sites for hydroxylation is 1. The van der Waals surface area contributed by atoms with Crippen LogP contribution in [-0.2, 0) is 24.2 Å². The molecule has 0 saturated heterocycles. The molecule has 0 saturated carbocycles. The number of pyridine rings is 1. The number of carbonyl (C=O) groups is 2. The van der Waals surface area contributed by atoms with Gasteiger partial charge in [-0.15, -0.1) is 0 Å². The summed E-state index contributed by atoms with van der Waals surface area (Å²) in [5.41, 5.74) is 8.22. The van der Waals surface area contributed by atoms with Crippen LogP contribution in [0.25, 0.3) is 0 Å². The Kier molecular flexibility index (Phi) is 9.61. The maximum atomic E-state index is 13.8. The summed E-state index contributed by atoms with van der Waals surface area (Å²) < 4.78 is 27.7. The summed E-state index contributed by atoms with van der Waals surface area (Å²) in [6.45, 7) is 2.56. The maximum absolute atomic E-state index is 13.8. The zero-order valence-corrected chi connectivity index (χ0v) is 20.0. The first-order chi connectivity index (χ1) is 17.3. The van der Waals surface area contributed by atoms with Crippen molar-refractivity contribution in [1.29, 1.82) is 0 Å². The van der Waals surface area contributed by atoms with Crippen LogP contribution in [-0.4, -0.2) is 40.6 Å². The van der Waals surface area contributed by atoms with E-state index in [1.54, 1.807) is 6.07 Å². The van der Waals surface area contributed by atoms with Crippen molar-refractivity contribution in [2.24, 2.45) is 11.7 Å². The fourth-order valence-electron chi connectivity index (χ4n) is 4.06. The number of amides is 2. The fourth-order valence-corrected chi connectivity index (χ4v) is 4.06. The number of nitrogens with one attached hydrogen (secondary N) is 2. The molecule has 9 heteroatoms. The number of hydrogen-bond acceptors (Lipinski definition) is 5. The van der Waals surface area contributed by atoms with E-state index in [-0.39, 0.29) is 24.1 Å². The highest BCUT2D eigenvalue weighted by Gasteiger charge is 2.34. The van der Waals surface area contributed by atoms with E-state index in [1.165, 1.54) is 24.0 Å². The number of carbonyl (C=O) groups excluding carboxylic acids is 2. The number of nitrogens with two attached hydrogens (primary N) is 1. The summed E-state index contributed by atoms with van der Waals surface area (Å²) in [5.74, 6) is -4.05. The van der Waals surface area contributed by atoms with Gasteiger partial charge < -0.3 is 21.5 Å².